The second-order valence-corrected chi connectivity index (χ2v) is 12.3. The second-order valence-electron chi connectivity index (χ2n) is 12.3. The summed E-state index contributed by atoms with van der Waals surface area (Å²) in [6.45, 7) is 1.41. The van der Waals surface area contributed by atoms with Gasteiger partial charge in [-0.25, -0.2) is 65.9 Å². The van der Waals surface area contributed by atoms with Crippen molar-refractivity contribution in [1.29, 1.82) is 0 Å². The number of benzene rings is 6. The highest BCUT2D eigenvalue weighted by molar-refractivity contribution is 6.40. The Morgan fingerprint density at radius 2 is 0.517 bits per heavy atom. The average molecular weight is 873 g/mol. The zero-order chi connectivity index (χ0) is 44.6. The molecule has 0 atom stereocenters. The molecular weight excluding hydrogens is 859 g/mol. The molecule has 0 unspecified atom stereocenters. The first-order chi connectivity index (χ1) is 28.1. The lowest BCUT2D eigenvalue weighted by Gasteiger charge is -2.23. The van der Waals surface area contributed by atoms with Crippen molar-refractivity contribution < 1.29 is 93.0 Å². The molecule has 23 heteroatoms. The molecule has 0 radical (unpaired) electrons. The zero-order valence-corrected chi connectivity index (χ0v) is 29.4. The van der Waals surface area contributed by atoms with Crippen molar-refractivity contribution in [1.82, 2.24) is 4.98 Å². The van der Waals surface area contributed by atoms with Gasteiger partial charge >= 0.3 is 7.32 Å². The van der Waals surface area contributed by atoms with Crippen LogP contribution in [0.1, 0.15) is 16.7 Å². The van der Waals surface area contributed by atoms with Crippen LogP contribution in [0.2, 0.25) is 0 Å². The molecule has 7 rings (SSSR count). The number of aromatic amines is 1. The first-order valence-corrected chi connectivity index (χ1v) is 16.0. The van der Waals surface area contributed by atoms with Crippen molar-refractivity contribution >= 4 is 39.6 Å². The summed E-state index contributed by atoms with van der Waals surface area (Å²) in [7, 11) is -3.83. The van der Waals surface area contributed by atoms with Crippen LogP contribution in [-0.4, -0.2) is 12.3 Å². The van der Waals surface area contributed by atoms with Gasteiger partial charge in [-0.15, -0.1) is 0 Å². The molecule has 1 aromatic heterocycles. The summed E-state index contributed by atoms with van der Waals surface area (Å²) >= 11 is 0. The molecule has 0 aliphatic carbocycles. The smallest absolute Gasteiger partial charge is 0.486 e. The molecule has 0 saturated heterocycles. The monoisotopic (exact) mass is 873 g/mol. The van der Waals surface area contributed by atoms with Crippen LogP contribution in [0.25, 0.3) is 32.3 Å². The number of hydrogen-bond acceptors (Lipinski definition) is 3. The Kier molecular flexibility index (Phi) is 11.3. The fourth-order valence-electron chi connectivity index (χ4n) is 6.01. The van der Waals surface area contributed by atoms with E-state index >= 15 is 39.5 Å². The molecule has 4 nitrogen and oxygen atoms in total. The van der Waals surface area contributed by atoms with Crippen LogP contribution in [0.4, 0.5) is 79.0 Å². The third-order valence-electron chi connectivity index (χ3n) is 8.91. The predicted octanol–water partition coefficient (Wildman–Crippen LogP) is 12.1. The van der Waals surface area contributed by atoms with Gasteiger partial charge in [0.1, 0.15) is 0 Å². The highest BCUT2D eigenvalue weighted by atomic mass is 19.2. The Morgan fingerprint density at radius 1 is 0.300 bits per heavy atom. The summed E-state index contributed by atoms with van der Waals surface area (Å²) in [5.41, 5.74) is -3.98. The lowest BCUT2D eigenvalue weighted by molar-refractivity contribution is 0.284. The van der Waals surface area contributed by atoms with Crippen LogP contribution >= 0.6 is 0 Å². The second kappa shape index (κ2) is 15.6. The standard InChI is InChI=1S/C33H9BF18O3.C4H5N/c1-4-7-10(19(41)25(47)22(44)16(7)38)31(28(50)13(4)35)53-34(54-32-11-8(5(2)14(36)29(32)51)17(39)23(45)26(48)20(11)42)55-33-12-9(6(3)15(37)30(33)52)18(40)24(46)27(49)21(12)43;1-2-4-5-3-1/h1-3H3;1-5H. The number of hydrogen-bond donors (Lipinski definition) is 1. The van der Waals surface area contributed by atoms with Crippen molar-refractivity contribution in [2.75, 3.05) is 0 Å². The van der Waals surface area contributed by atoms with E-state index in [1.54, 1.807) is 0 Å². The normalized spacial score (nSPS) is 11.4. The number of nitrogens with one attached hydrogen (secondary N) is 1. The van der Waals surface area contributed by atoms with Gasteiger partial charge in [-0.1, -0.05) is 0 Å². The molecule has 0 fully saturated rings. The maximum Gasteiger partial charge on any atom is 0.864 e. The van der Waals surface area contributed by atoms with Crippen molar-refractivity contribution in [3.63, 3.8) is 0 Å². The highest BCUT2D eigenvalue weighted by Gasteiger charge is 2.42. The Morgan fingerprint density at radius 3 is 0.717 bits per heavy atom. The minimum absolute atomic E-state index is 0.470. The van der Waals surface area contributed by atoms with E-state index in [1.165, 1.54) is 0 Å². The van der Waals surface area contributed by atoms with E-state index in [0.29, 0.717) is 20.8 Å². The fraction of sp³-hybridized carbons (Fsp3) is 0.0811. The molecule has 0 aliphatic heterocycles. The highest BCUT2D eigenvalue weighted by Crippen LogP contribution is 2.44. The summed E-state index contributed by atoms with van der Waals surface area (Å²) in [4.78, 5) is 2.86. The quantitative estimate of drug-likeness (QED) is 0.0783. The Bertz CT molecular complexity index is 2610. The molecule has 0 aliphatic rings. The first-order valence-electron chi connectivity index (χ1n) is 16.0. The molecule has 60 heavy (non-hydrogen) atoms. The third-order valence-corrected chi connectivity index (χ3v) is 8.91. The topological polar surface area (TPSA) is 43.5 Å². The van der Waals surface area contributed by atoms with Gasteiger partial charge in [-0.2, -0.15) is 13.2 Å². The van der Waals surface area contributed by atoms with Crippen molar-refractivity contribution in [3.05, 3.63) is 146 Å². The minimum atomic E-state index is -3.83. The molecule has 314 valence electrons. The van der Waals surface area contributed by atoms with Gasteiger partial charge in [0.05, 0.1) is 16.2 Å². The van der Waals surface area contributed by atoms with Gasteiger partial charge in [-0.3, -0.25) is 0 Å². The van der Waals surface area contributed by atoms with E-state index in [-0.39, 0.29) is 0 Å². The van der Waals surface area contributed by atoms with Gasteiger partial charge in [0.2, 0.25) is 0 Å². The molecule has 0 bridgehead atoms. The molecule has 0 saturated carbocycles. The lowest BCUT2D eigenvalue weighted by atomic mass is 9.99. The zero-order valence-electron chi connectivity index (χ0n) is 29.4. The summed E-state index contributed by atoms with van der Waals surface area (Å²) in [6.07, 6.45) is 3.75. The number of fused-ring (bicyclic) bond motifs is 3. The van der Waals surface area contributed by atoms with Crippen LogP contribution in [0.5, 0.6) is 17.2 Å². The number of halogens is 18. The van der Waals surface area contributed by atoms with Gasteiger partial charge in [-0.05, 0) is 49.6 Å². The lowest BCUT2D eigenvalue weighted by Crippen LogP contribution is -2.38. The van der Waals surface area contributed by atoms with Gasteiger partial charge in [0, 0.05) is 28.6 Å². The molecular formula is C37H14BF18NO3. The average Bonchev–Trinajstić information content (AvgIpc) is 3.82. The molecule has 6 aromatic carbocycles. The molecule has 0 amide bonds. The van der Waals surface area contributed by atoms with E-state index < -0.39 is 178 Å². The summed E-state index contributed by atoms with van der Waals surface area (Å²) < 4.78 is 282. The predicted molar refractivity (Wildman–Crippen MR) is 174 cm³/mol. The van der Waals surface area contributed by atoms with Crippen LogP contribution in [0.3, 0.4) is 0 Å². The number of H-pyrrole nitrogens is 1. The SMILES string of the molecule is Cc1c(F)c(F)c(OB(Oc2c(F)c(F)c(C)c3c(F)c(F)c(F)c(F)c23)Oc2c(F)c(F)c(C)c3c(F)c(F)c(F)c(F)c23)c2c(F)c(F)c(F)c(F)c12.c1cc[nH]c1. The largest absolute Gasteiger partial charge is 0.864 e. The van der Waals surface area contributed by atoms with Crippen molar-refractivity contribution in [2.24, 2.45) is 0 Å². The summed E-state index contributed by atoms with van der Waals surface area (Å²) in [6, 6.07) is 3.89. The maximum absolute atomic E-state index is 15.5. The molecule has 1 N–H and O–H groups in total. The van der Waals surface area contributed by atoms with E-state index in [4.69, 9.17) is 14.0 Å². The third kappa shape index (κ3) is 6.49. The Labute approximate surface area is 321 Å². The van der Waals surface area contributed by atoms with Crippen LogP contribution in [0.15, 0.2) is 24.5 Å². The van der Waals surface area contributed by atoms with Crippen molar-refractivity contribution in [3.8, 4) is 17.2 Å². The molecule has 0 spiro atoms. The number of aromatic nitrogens is 1. The van der Waals surface area contributed by atoms with Gasteiger partial charge in [0.25, 0.3) is 0 Å². The molecule has 7 aromatic rings. The summed E-state index contributed by atoms with van der Waals surface area (Å²) in [5.74, 6) is -52.9. The van der Waals surface area contributed by atoms with Gasteiger partial charge < -0.3 is 18.9 Å². The van der Waals surface area contributed by atoms with Crippen molar-refractivity contribution in [2.45, 2.75) is 20.8 Å². The van der Waals surface area contributed by atoms with E-state index in [1.807, 2.05) is 24.5 Å². The number of aryl methyl sites for hydroxylation is 3. The Balaban J connectivity index is 0.00000112. The van der Waals surface area contributed by atoms with Gasteiger partial charge in [0.15, 0.2) is 122 Å². The minimum Gasteiger partial charge on any atom is -0.486 e. The summed E-state index contributed by atoms with van der Waals surface area (Å²) in [5, 5.41) is -10.9. The fourth-order valence-corrected chi connectivity index (χ4v) is 6.01. The van der Waals surface area contributed by atoms with E-state index in [9.17, 15) is 39.5 Å². The molecule has 1 heterocycles. The first kappa shape index (κ1) is 43.2. The Hall–Kier alpha value is -6.42. The van der Waals surface area contributed by atoms with Crippen LogP contribution in [0, 0.1) is 125 Å². The maximum atomic E-state index is 15.5. The number of rotatable bonds is 6. The van der Waals surface area contributed by atoms with Crippen LogP contribution in [-0.2, 0) is 0 Å². The van der Waals surface area contributed by atoms with E-state index in [2.05, 4.69) is 4.98 Å². The van der Waals surface area contributed by atoms with Crippen LogP contribution < -0.4 is 14.0 Å². The van der Waals surface area contributed by atoms with E-state index in [0.717, 1.165) is 0 Å².